The highest BCUT2D eigenvalue weighted by Gasteiger charge is 2.25. The zero-order chi connectivity index (χ0) is 13.1. The molecule has 3 nitrogen and oxygen atoms in total. The van der Waals surface area contributed by atoms with Crippen LogP contribution in [0, 0.1) is 0 Å². The molecule has 1 aromatic carbocycles. The quantitative estimate of drug-likeness (QED) is 0.766. The van der Waals surface area contributed by atoms with E-state index in [9.17, 15) is 0 Å². The Kier molecular flexibility index (Phi) is 4.19. The van der Waals surface area contributed by atoms with Gasteiger partial charge in [-0.1, -0.05) is 24.4 Å². The molecule has 1 aromatic rings. The molecule has 18 heavy (non-hydrogen) atoms. The van der Waals surface area contributed by atoms with Gasteiger partial charge in [-0.2, -0.15) is 0 Å². The summed E-state index contributed by atoms with van der Waals surface area (Å²) in [5.41, 5.74) is 0.983. The van der Waals surface area contributed by atoms with E-state index >= 15 is 0 Å². The van der Waals surface area contributed by atoms with Crippen LogP contribution in [0.3, 0.4) is 0 Å². The molecule has 1 aliphatic rings. The third-order valence-corrected chi connectivity index (χ3v) is 3.52. The van der Waals surface area contributed by atoms with E-state index in [1.807, 2.05) is 24.3 Å². The Morgan fingerprint density at radius 3 is 2.50 bits per heavy atom. The fourth-order valence-electron chi connectivity index (χ4n) is 2.34. The van der Waals surface area contributed by atoms with Crippen LogP contribution in [0.2, 0.25) is 0 Å². The lowest BCUT2D eigenvalue weighted by molar-refractivity contribution is -0.0472. The molecule has 2 atom stereocenters. The van der Waals surface area contributed by atoms with Gasteiger partial charge in [0.15, 0.2) is 0 Å². The minimum Gasteiger partial charge on any atom is -0.496 e. The summed E-state index contributed by atoms with van der Waals surface area (Å²) in [6.45, 7) is 5.82. The van der Waals surface area contributed by atoms with Gasteiger partial charge in [0.25, 0.3) is 0 Å². The van der Waals surface area contributed by atoms with Crippen molar-refractivity contribution in [2.45, 2.75) is 26.1 Å². The minimum absolute atomic E-state index is 0.210. The molecule has 0 unspecified atom stereocenters. The second-order valence-electron chi connectivity index (χ2n) is 4.67. The normalized spacial score (nSPS) is 23.8. The molecule has 0 saturated carbocycles. The van der Waals surface area contributed by atoms with Crippen molar-refractivity contribution in [2.75, 3.05) is 20.2 Å². The Labute approximate surface area is 114 Å². The number of hydrogen-bond acceptors (Lipinski definition) is 3. The van der Waals surface area contributed by atoms with E-state index in [1.165, 1.54) is 0 Å². The van der Waals surface area contributed by atoms with Crippen molar-refractivity contribution in [3.8, 4) is 5.75 Å². The average Bonchev–Trinajstić information content (AvgIpc) is 2.36. The van der Waals surface area contributed by atoms with Crippen molar-refractivity contribution in [1.29, 1.82) is 0 Å². The van der Waals surface area contributed by atoms with E-state index < -0.39 is 0 Å². The third kappa shape index (κ3) is 2.82. The lowest BCUT2D eigenvalue weighted by Crippen LogP contribution is -2.47. The average molecular weight is 265 g/mol. The minimum atomic E-state index is 0.210. The second-order valence-corrected chi connectivity index (χ2v) is 5.05. The molecular formula is C14H19NO2S. The van der Waals surface area contributed by atoms with Gasteiger partial charge in [-0.25, -0.2) is 0 Å². The van der Waals surface area contributed by atoms with Gasteiger partial charge >= 0.3 is 0 Å². The van der Waals surface area contributed by atoms with E-state index in [0.29, 0.717) is 0 Å². The van der Waals surface area contributed by atoms with E-state index in [0.717, 1.165) is 29.4 Å². The first-order valence-electron chi connectivity index (χ1n) is 6.19. The van der Waals surface area contributed by atoms with Crippen LogP contribution in [0.4, 0.5) is 0 Å². The molecule has 0 bridgehead atoms. The third-order valence-electron chi connectivity index (χ3n) is 3.04. The molecule has 0 spiro atoms. The van der Waals surface area contributed by atoms with Gasteiger partial charge in [-0.05, 0) is 26.0 Å². The largest absolute Gasteiger partial charge is 0.496 e. The number of para-hydroxylation sites is 1. The summed E-state index contributed by atoms with van der Waals surface area (Å²) in [5.74, 6) is 0.828. The number of ether oxygens (including phenoxy) is 2. The van der Waals surface area contributed by atoms with Crippen LogP contribution in [0.15, 0.2) is 24.3 Å². The molecule has 0 aliphatic carbocycles. The van der Waals surface area contributed by atoms with Crippen LogP contribution in [0.25, 0.3) is 0 Å². The molecule has 0 aromatic heterocycles. The first-order valence-corrected chi connectivity index (χ1v) is 6.60. The Morgan fingerprint density at radius 1 is 1.28 bits per heavy atom. The van der Waals surface area contributed by atoms with Crippen molar-refractivity contribution >= 4 is 17.2 Å². The molecule has 98 valence electrons. The smallest absolute Gasteiger partial charge is 0.129 e. The van der Waals surface area contributed by atoms with Gasteiger partial charge in [0.1, 0.15) is 10.7 Å². The summed E-state index contributed by atoms with van der Waals surface area (Å²) in [4.78, 5) is 3.04. The molecule has 4 heteroatoms. The molecule has 0 amide bonds. The molecule has 0 N–H and O–H groups in total. The Bertz CT molecular complexity index is 426. The number of methoxy groups -OCH3 is 1. The maximum atomic E-state index is 5.73. The van der Waals surface area contributed by atoms with Crippen LogP contribution in [0.5, 0.6) is 5.75 Å². The van der Waals surface area contributed by atoms with E-state index in [-0.39, 0.29) is 12.2 Å². The fourth-order valence-corrected chi connectivity index (χ4v) is 2.65. The molecule has 2 rings (SSSR count). The summed E-state index contributed by atoms with van der Waals surface area (Å²) in [6.07, 6.45) is 0.419. The predicted octanol–water partition coefficient (Wildman–Crippen LogP) is 2.48. The SMILES string of the molecule is COc1ccccc1C(=S)N1C[C@@H](C)O[C@H](C)C1. The summed E-state index contributed by atoms with van der Waals surface area (Å²) in [7, 11) is 1.67. The summed E-state index contributed by atoms with van der Waals surface area (Å²) in [5, 5.41) is 0. The molecular weight excluding hydrogens is 246 g/mol. The van der Waals surface area contributed by atoms with Crippen LogP contribution in [0.1, 0.15) is 19.4 Å². The molecule has 0 radical (unpaired) electrons. The van der Waals surface area contributed by atoms with Gasteiger partial charge in [0.2, 0.25) is 0 Å². The van der Waals surface area contributed by atoms with Gasteiger partial charge in [-0.15, -0.1) is 0 Å². The van der Waals surface area contributed by atoms with Gasteiger partial charge in [0.05, 0.1) is 24.9 Å². The molecule has 1 aliphatic heterocycles. The fraction of sp³-hybridized carbons (Fsp3) is 0.500. The topological polar surface area (TPSA) is 21.7 Å². The number of hydrogen-bond donors (Lipinski definition) is 0. The highest BCUT2D eigenvalue weighted by molar-refractivity contribution is 7.80. The van der Waals surface area contributed by atoms with Crippen LogP contribution >= 0.6 is 12.2 Å². The second kappa shape index (κ2) is 5.67. The van der Waals surface area contributed by atoms with Crippen molar-refractivity contribution < 1.29 is 9.47 Å². The van der Waals surface area contributed by atoms with Gasteiger partial charge < -0.3 is 14.4 Å². The number of rotatable bonds is 2. The van der Waals surface area contributed by atoms with Gasteiger partial charge in [0, 0.05) is 13.1 Å². The number of morpholine rings is 1. The van der Waals surface area contributed by atoms with E-state index in [2.05, 4.69) is 18.7 Å². The zero-order valence-corrected chi connectivity index (χ0v) is 11.9. The van der Waals surface area contributed by atoms with E-state index in [4.69, 9.17) is 21.7 Å². The summed E-state index contributed by atoms with van der Waals surface area (Å²) < 4.78 is 11.1. The lowest BCUT2D eigenvalue weighted by Gasteiger charge is -2.37. The molecule has 1 heterocycles. The Hall–Kier alpha value is -1.13. The standard InChI is InChI=1S/C14H19NO2S/c1-10-8-15(9-11(2)17-10)14(18)12-6-4-5-7-13(12)16-3/h4-7,10-11H,8-9H2,1-3H3/t10-,11-/m1/s1. The predicted molar refractivity (Wildman–Crippen MR) is 76.3 cm³/mol. The monoisotopic (exact) mass is 265 g/mol. The Balaban J connectivity index is 2.20. The zero-order valence-electron chi connectivity index (χ0n) is 11.1. The number of thiocarbonyl (C=S) groups is 1. The first-order chi connectivity index (χ1) is 8.61. The van der Waals surface area contributed by atoms with Crippen molar-refractivity contribution in [1.82, 2.24) is 4.90 Å². The number of benzene rings is 1. The summed E-state index contributed by atoms with van der Waals surface area (Å²) >= 11 is 5.59. The van der Waals surface area contributed by atoms with Gasteiger partial charge in [-0.3, -0.25) is 0 Å². The highest BCUT2D eigenvalue weighted by atomic mass is 32.1. The summed E-state index contributed by atoms with van der Waals surface area (Å²) in [6, 6.07) is 7.88. The molecule has 1 fully saturated rings. The Morgan fingerprint density at radius 2 is 1.89 bits per heavy atom. The maximum absolute atomic E-state index is 5.73. The van der Waals surface area contributed by atoms with Crippen molar-refractivity contribution in [2.24, 2.45) is 0 Å². The molecule has 1 saturated heterocycles. The van der Waals surface area contributed by atoms with Crippen molar-refractivity contribution in [3.63, 3.8) is 0 Å². The van der Waals surface area contributed by atoms with Crippen LogP contribution in [-0.2, 0) is 4.74 Å². The highest BCUT2D eigenvalue weighted by Crippen LogP contribution is 2.22. The van der Waals surface area contributed by atoms with Crippen molar-refractivity contribution in [3.05, 3.63) is 29.8 Å². The van der Waals surface area contributed by atoms with Crippen LogP contribution < -0.4 is 4.74 Å². The lowest BCUT2D eigenvalue weighted by atomic mass is 10.1. The van der Waals surface area contributed by atoms with Crippen LogP contribution in [-0.4, -0.2) is 42.3 Å². The maximum Gasteiger partial charge on any atom is 0.129 e. The first kappa shape index (κ1) is 13.3. The van der Waals surface area contributed by atoms with E-state index in [1.54, 1.807) is 7.11 Å². The number of nitrogens with zero attached hydrogens (tertiary/aromatic N) is 1.